The molecular weight excluding hydrogens is 529 g/mol. The zero-order valence-corrected chi connectivity index (χ0v) is 23.9. The van der Waals surface area contributed by atoms with Crippen LogP contribution in [0.2, 0.25) is 0 Å². The number of hydrogen-bond acceptors (Lipinski definition) is 6. The third-order valence-electron chi connectivity index (χ3n) is 8.02. The van der Waals surface area contributed by atoms with Gasteiger partial charge in [-0.3, -0.25) is 9.59 Å². The molecule has 2 aliphatic rings. The van der Waals surface area contributed by atoms with Crippen molar-refractivity contribution in [3.8, 4) is 11.1 Å². The molecule has 2 aromatic carbocycles. The molecule has 5 N–H and O–H groups in total. The van der Waals surface area contributed by atoms with Crippen LogP contribution in [0, 0.1) is 17.2 Å². The van der Waals surface area contributed by atoms with Gasteiger partial charge in [0.2, 0.25) is 5.91 Å². The lowest BCUT2D eigenvalue weighted by molar-refractivity contribution is 0.1000. The number of carbonyl (C=O) groups excluding carboxylic acids is 1. The molecule has 1 aliphatic heterocycles. The topological polar surface area (TPSA) is 118 Å². The van der Waals surface area contributed by atoms with Crippen molar-refractivity contribution in [2.45, 2.75) is 68.7 Å². The Kier molecular flexibility index (Phi) is 8.38. The number of benzene rings is 2. The van der Waals surface area contributed by atoms with Crippen LogP contribution in [0.15, 0.2) is 46.2 Å². The van der Waals surface area contributed by atoms with Gasteiger partial charge in [0, 0.05) is 57.3 Å². The fraction of sp³-hybridized carbons (Fsp3) is 0.484. The highest BCUT2D eigenvalue weighted by atomic mass is 32.2. The summed E-state index contributed by atoms with van der Waals surface area (Å²) < 4.78 is 17.0. The van der Waals surface area contributed by atoms with Crippen molar-refractivity contribution in [1.82, 2.24) is 9.88 Å². The van der Waals surface area contributed by atoms with E-state index in [1.165, 1.54) is 6.07 Å². The summed E-state index contributed by atoms with van der Waals surface area (Å²) in [7, 11) is 0. The number of pyridine rings is 1. The van der Waals surface area contributed by atoms with E-state index in [1.54, 1.807) is 28.5 Å². The zero-order valence-electron chi connectivity index (χ0n) is 23.1. The van der Waals surface area contributed by atoms with Gasteiger partial charge in [0.05, 0.1) is 6.61 Å². The summed E-state index contributed by atoms with van der Waals surface area (Å²) in [6, 6.07) is 8.46. The summed E-state index contributed by atoms with van der Waals surface area (Å²) in [5.74, 6) is -0.686. The van der Waals surface area contributed by atoms with E-state index >= 15 is 4.39 Å². The number of aromatic nitrogens is 1. The highest BCUT2D eigenvalue weighted by molar-refractivity contribution is 8.00. The Morgan fingerprint density at radius 3 is 2.62 bits per heavy atom. The average molecular weight is 568 g/mol. The fourth-order valence-corrected chi connectivity index (χ4v) is 6.90. The van der Waals surface area contributed by atoms with Crippen molar-refractivity contribution >= 4 is 28.4 Å². The number of fused-ring (bicyclic) bond motifs is 1. The summed E-state index contributed by atoms with van der Waals surface area (Å²) in [6.45, 7) is 5.00. The van der Waals surface area contributed by atoms with Crippen LogP contribution in [0.5, 0.6) is 0 Å². The fourth-order valence-electron chi connectivity index (χ4n) is 5.50. The molecule has 0 bridgehead atoms. The first kappa shape index (κ1) is 28.8. The number of carbonyl (C=O) groups is 1. The third kappa shape index (κ3) is 6.28. The second-order valence-corrected chi connectivity index (χ2v) is 13.4. The molecule has 9 heteroatoms. The molecular formula is C31H38FN3O4S. The predicted octanol–water partition coefficient (Wildman–Crippen LogP) is 4.08. The largest absolute Gasteiger partial charge is 0.396 e. The summed E-state index contributed by atoms with van der Waals surface area (Å²) in [6.07, 6.45) is 6.29. The summed E-state index contributed by atoms with van der Waals surface area (Å²) in [4.78, 5) is 26.6. The maximum atomic E-state index is 15.3. The second kappa shape index (κ2) is 11.6. The van der Waals surface area contributed by atoms with Crippen LogP contribution in [-0.2, 0) is 13.0 Å². The Balaban J connectivity index is 1.66. The van der Waals surface area contributed by atoms with Crippen LogP contribution in [0.1, 0.15) is 55.5 Å². The molecule has 1 aromatic heterocycles. The summed E-state index contributed by atoms with van der Waals surface area (Å²) in [5, 5.41) is 24.5. The number of rotatable bonds is 10. The number of amides is 1. The molecule has 5 rings (SSSR count). The van der Waals surface area contributed by atoms with Gasteiger partial charge in [-0.2, -0.15) is 0 Å². The number of thioether (sulfide) groups is 1. The number of hydrogen-bond donors (Lipinski definition) is 4. The number of aliphatic hydroxyl groups is 2. The molecule has 2 heterocycles. The number of halogens is 1. The smallest absolute Gasteiger partial charge is 0.258 e. The van der Waals surface area contributed by atoms with Gasteiger partial charge in [-0.1, -0.05) is 19.9 Å². The van der Waals surface area contributed by atoms with Crippen molar-refractivity contribution < 1.29 is 19.4 Å². The Hall–Kier alpha value is -2.72. The molecule has 7 nitrogen and oxygen atoms in total. The molecule has 2 atom stereocenters. The van der Waals surface area contributed by atoms with E-state index in [2.05, 4.69) is 5.32 Å². The minimum Gasteiger partial charge on any atom is -0.396 e. The van der Waals surface area contributed by atoms with Crippen LogP contribution in [0.3, 0.4) is 0 Å². The van der Waals surface area contributed by atoms with Gasteiger partial charge >= 0.3 is 0 Å². The number of nitrogens with two attached hydrogens (primary N) is 1. The van der Waals surface area contributed by atoms with Crippen LogP contribution in [0.25, 0.3) is 21.9 Å². The molecule has 1 saturated carbocycles. The van der Waals surface area contributed by atoms with Crippen LogP contribution >= 0.6 is 11.8 Å². The minimum atomic E-state index is -0.686. The lowest BCUT2D eigenvalue weighted by Crippen LogP contribution is -2.41. The monoisotopic (exact) mass is 567 g/mol. The summed E-state index contributed by atoms with van der Waals surface area (Å²) >= 11 is 1.69. The van der Waals surface area contributed by atoms with Gasteiger partial charge in [-0.05, 0) is 85.5 Å². The van der Waals surface area contributed by atoms with Crippen molar-refractivity contribution in [1.29, 1.82) is 0 Å². The second-order valence-electron chi connectivity index (χ2n) is 12.1. The first-order valence-electron chi connectivity index (χ1n) is 14.0. The molecule has 1 saturated heterocycles. The van der Waals surface area contributed by atoms with E-state index in [0.29, 0.717) is 35.4 Å². The highest BCUT2D eigenvalue weighted by Crippen LogP contribution is 2.40. The van der Waals surface area contributed by atoms with Gasteiger partial charge in [-0.15, -0.1) is 11.8 Å². The lowest BCUT2D eigenvalue weighted by atomic mass is 9.92. The maximum absolute atomic E-state index is 15.3. The zero-order chi connectivity index (χ0) is 28.6. The Bertz CT molecular complexity index is 1480. The quantitative estimate of drug-likeness (QED) is 0.293. The van der Waals surface area contributed by atoms with Gasteiger partial charge in [0.15, 0.2) is 0 Å². The van der Waals surface area contributed by atoms with Crippen LogP contribution in [-0.4, -0.2) is 51.7 Å². The van der Waals surface area contributed by atoms with Gasteiger partial charge in [0.1, 0.15) is 5.82 Å². The van der Waals surface area contributed by atoms with Gasteiger partial charge in [0.25, 0.3) is 5.56 Å². The molecule has 1 aliphatic carbocycles. The lowest BCUT2D eigenvalue weighted by Gasteiger charge is -2.29. The van der Waals surface area contributed by atoms with Crippen LogP contribution < -0.4 is 16.6 Å². The van der Waals surface area contributed by atoms with Gasteiger partial charge in [-0.25, -0.2) is 4.39 Å². The standard InChI is InChI=1S/C31H38FN3O4S/c1-31(2,17-37)16-35-14-28(40-22-7-8-34-21(13-22)15-36)26-10-19(5-6-23(26)30(35)39)24-11-20(29(33)38)12-27(32)25(24)9-18-3-4-18/h5-6,10-12,14,18,21-22,34,36-37H,3-4,7-9,13,15-17H2,1-2H3,(H2,33,38)/t21-,22-/m0/s1. The molecule has 214 valence electrons. The number of piperidine rings is 1. The predicted molar refractivity (Wildman–Crippen MR) is 157 cm³/mol. The number of nitrogens with zero attached hydrogens (tertiary/aromatic N) is 1. The van der Waals surface area contributed by atoms with E-state index in [0.717, 1.165) is 48.1 Å². The van der Waals surface area contributed by atoms with Crippen molar-refractivity contribution in [3.05, 3.63) is 63.8 Å². The van der Waals surface area contributed by atoms with Crippen molar-refractivity contribution in [2.75, 3.05) is 19.8 Å². The van der Waals surface area contributed by atoms with E-state index in [1.807, 2.05) is 32.2 Å². The number of aliphatic hydroxyl groups excluding tert-OH is 2. The first-order valence-corrected chi connectivity index (χ1v) is 14.9. The molecule has 0 radical (unpaired) electrons. The molecule has 0 spiro atoms. The number of primary amides is 1. The van der Waals surface area contributed by atoms with E-state index in [-0.39, 0.29) is 35.6 Å². The molecule has 2 fully saturated rings. The van der Waals surface area contributed by atoms with E-state index in [4.69, 9.17) is 5.73 Å². The van der Waals surface area contributed by atoms with E-state index < -0.39 is 17.1 Å². The molecule has 0 unspecified atom stereocenters. The SMILES string of the molecule is CC(C)(CO)Cn1cc(S[C@H]2CCN[C@H](CO)C2)c2cc(-c3cc(C(N)=O)cc(F)c3CC3CC3)ccc2c1=O. The maximum Gasteiger partial charge on any atom is 0.258 e. The Morgan fingerprint density at radius 2 is 1.95 bits per heavy atom. The Labute approximate surface area is 238 Å². The first-order chi connectivity index (χ1) is 19.1. The van der Waals surface area contributed by atoms with Crippen molar-refractivity contribution in [3.63, 3.8) is 0 Å². The Morgan fingerprint density at radius 1 is 1.18 bits per heavy atom. The number of nitrogens with one attached hydrogen (secondary N) is 1. The van der Waals surface area contributed by atoms with Crippen molar-refractivity contribution in [2.24, 2.45) is 17.1 Å². The summed E-state index contributed by atoms with van der Waals surface area (Å²) in [5.41, 5.74) is 6.96. The third-order valence-corrected chi connectivity index (χ3v) is 9.36. The highest BCUT2D eigenvalue weighted by Gasteiger charge is 2.27. The normalized spacial score (nSPS) is 19.7. The van der Waals surface area contributed by atoms with Gasteiger partial charge < -0.3 is 25.8 Å². The molecule has 1 amide bonds. The minimum absolute atomic E-state index is 0.0248. The molecule has 3 aromatic rings. The van der Waals surface area contributed by atoms with Crippen LogP contribution in [0.4, 0.5) is 4.39 Å². The average Bonchev–Trinajstić information content (AvgIpc) is 3.76. The van der Waals surface area contributed by atoms with E-state index in [9.17, 15) is 19.8 Å². The molecule has 40 heavy (non-hydrogen) atoms.